The third-order valence-electron chi connectivity index (χ3n) is 3.20. The molecule has 1 aliphatic heterocycles. The van der Waals surface area contributed by atoms with Gasteiger partial charge in [-0.25, -0.2) is 0 Å². The Morgan fingerprint density at radius 2 is 2.38 bits per heavy atom. The van der Waals surface area contributed by atoms with Gasteiger partial charge in [-0.15, -0.1) is 6.58 Å². The van der Waals surface area contributed by atoms with Crippen LogP contribution in [0.4, 0.5) is 0 Å². The van der Waals surface area contributed by atoms with Crippen LogP contribution in [0, 0.1) is 5.92 Å². The van der Waals surface area contributed by atoms with Crippen LogP contribution in [0.2, 0.25) is 0 Å². The van der Waals surface area contributed by atoms with Gasteiger partial charge in [0.15, 0.2) is 0 Å². The lowest BCUT2D eigenvalue weighted by Crippen LogP contribution is -2.37. The average Bonchev–Trinajstić information content (AvgIpc) is 2.75. The van der Waals surface area contributed by atoms with Crippen molar-refractivity contribution >= 4 is 5.91 Å². The summed E-state index contributed by atoms with van der Waals surface area (Å²) < 4.78 is 0. The van der Waals surface area contributed by atoms with E-state index in [1.165, 1.54) is 6.42 Å². The molecular formula is C13H24N2O. The van der Waals surface area contributed by atoms with Crippen LogP contribution in [-0.4, -0.2) is 36.5 Å². The monoisotopic (exact) mass is 224 g/mol. The third kappa shape index (κ3) is 3.97. The van der Waals surface area contributed by atoms with Gasteiger partial charge in [-0.1, -0.05) is 6.08 Å². The zero-order chi connectivity index (χ0) is 12.0. The van der Waals surface area contributed by atoms with Crippen LogP contribution < -0.4 is 5.32 Å². The standard InChI is InChI=1S/C13H24N2O/c1-4-9-15(11(2)3)13(16)6-5-12-7-8-14-10-12/h4,11-12,14H,1,5-10H2,2-3H3. The molecule has 0 saturated carbocycles. The Hall–Kier alpha value is -0.830. The van der Waals surface area contributed by atoms with Crippen molar-refractivity contribution in [3.8, 4) is 0 Å². The second-order valence-corrected chi connectivity index (χ2v) is 4.83. The summed E-state index contributed by atoms with van der Waals surface area (Å²) in [6, 6.07) is 0.271. The summed E-state index contributed by atoms with van der Waals surface area (Å²) >= 11 is 0. The van der Waals surface area contributed by atoms with Crippen LogP contribution in [-0.2, 0) is 4.79 Å². The normalized spacial score (nSPS) is 20.1. The quantitative estimate of drug-likeness (QED) is 0.698. The SMILES string of the molecule is C=CCN(C(=O)CCC1CCNC1)C(C)C. The van der Waals surface area contributed by atoms with E-state index in [9.17, 15) is 4.79 Å². The summed E-state index contributed by atoms with van der Waals surface area (Å²) in [5.74, 6) is 0.962. The van der Waals surface area contributed by atoms with Crippen molar-refractivity contribution in [1.82, 2.24) is 10.2 Å². The zero-order valence-corrected chi connectivity index (χ0v) is 10.5. The second-order valence-electron chi connectivity index (χ2n) is 4.83. The van der Waals surface area contributed by atoms with Crippen LogP contribution in [0.1, 0.15) is 33.1 Å². The molecule has 0 spiro atoms. The number of hydrogen-bond donors (Lipinski definition) is 1. The summed E-state index contributed by atoms with van der Waals surface area (Å²) in [5.41, 5.74) is 0. The number of nitrogens with one attached hydrogen (secondary N) is 1. The molecule has 1 fully saturated rings. The van der Waals surface area contributed by atoms with Crippen LogP contribution >= 0.6 is 0 Å². The lowest BCUT2D eigenvalue weighted by molar-refractivity contribution is -0.132. The summed E-state index contributed by atoms with van der Waals surface area (Å²) in [6.45, 7) is 10.7. The molecule has 1 heterocycles. The molecule has 1 unspecified atom stereocenters. The first kappa shape index (κ1) is 13.2. The molecule has 0 aromatic carbocycles. The molecular weight excluding hydrogens is 200 g/mol. The van der Waals surface area contributed by atoms with Gasteiger partial charge in [-0.05, 0) is 45.7 Å². The van der Waals surface area contributed by atoms with E-state index in [4.69, 9.17) is 0 Å². The largest absolute Gasteiger partial charge is 0.337 e. The van der Waals surface area contributed by atoms with Gasteiger partial charge in [0.25, 0.3) is 0 Å². The van der Waals surface area contributed by atoms with E-state index in [-0.39, 0.29) is 11.9 Å². The van der Waals surface area contributed by atoms with Crippen molar-refractivity contribution in [2.75, 3.05) is 19.6 Å². The molecule has 92 valence electrons. The van der Waals surface area contributed by atoms with Crippen molar-refractivity contribution < 1.29 is 4.79 Å². The van der Waals surface area contributed by atoms with Gasteiger partial charge in [0.2, 0.25) is 5.91 Å². The maximum absolute atomic E-state index is 12.0. The molecule has 0 radical (unpaired) electrons. The Kier molecular flexibility index (Phi) is 5.53. The van der Waals surface area contributed by atoms with Gasteiger partial charge >= 0.3 is 0 Å². The van der Waals surface area contributed by atoms with Crippen LogP contribution in [0.25, 0.3) is 0 Å². The Labute approximate surface area is 98.9 Å². The van der Waals surface area contributed by atoms with Crippen LogP contribution in [0.5, 0.6) is 0 Å². The highest BCUT2D eigenvalue weighted by molar-refractivity contribution is 5.76. The molecule has 1 saturated heterocycles. The minimum absolute atomic E-state index is 0.266. The highest BCUT2D eigenvalue weighted by atomic mass is 16.2. The molecule has 1 aliphatic rings. The number of carbonyl (C=O) groups is 1. The van der Waals surface area contributed by atoms with E-state index in [0.717, 1.165) is 19.5 Å². The third-order valence-corrected chi connectivity index (χ3v) is 3.20. The van der Waals surface area contributed by atoms with Crippen LogP contribution in [0.15, 0.2) is 12.7 Å². The molecule has 1 N–H and O–H groups in total. The van der Waals surface area contributed by atoms with Gasteiger partial charge in [0.1, 0.15) is 0 Å². The van der Waals surface area contributed by atoms with Gasteiger partial charge in [0.05, 0.1) is 0 Å². The van der Waals surface area contributed by atoms with Crippen molar-refractivity contribution in [2.45, 2.75) is 39.2 Å². The molecule has 16 heavy (non-hydrogen) atoms. The van der Waals surface area contributed by atoms with Gasteiger partial charge in [-0.2, -0.15) is 0 Å². The minimum Gasteiger partial charge on any atom is -0.337 e. The van der Waals surface area contributed by atoms with Gasteiger partial charge in [-0.3, -0.25) is 4.79 Å². The topological polar surface area (TPSA) is 32.3 Å². The molecule has 1 rings (SSSR count). The summed E-state index contributed by atoms with van der Waals surface area (Å²) in [6.07, 6.45) is 4.72. The average molecular weight is 224 g/mol. The minimum atomic E-state index is 0.266. The van der Waals surface area contributed by atoms with Crippen molar-refractivity contribution in [1.29, 1.82) is 0 Å². The van der Waals surface area contributed by atoms with E-state index in [1.54, 1.807) is 6.08 Å². The number of carbonyl (C=O) groups excluding carboxylic acids is 1. The Bertz CT molecular complexity index is 232. The van der Waals surface area contributed by atoms with Gasteiger partial charge < -0.3 is 10.2 Å². The highest BCUT2D eigenvalue weighted by Gasteiger charge is 2.19. The Morgan fingerprint density at radius 1 is 1.62 bits per heavy atom. The number of hydrogen-bond acceptors (Lipinski definition) is 2. The van der Waals surface area contributed by atoms with E-state index in [2.05, 4.69) is 25.7 Å². The first-order valence-corrected chi connectivity index (χ1v) is 6.26. The fourth-order valence-corrected chi connectivity index (χ4v) is 2.17. The molecule has 3 nitrogen and oxygen atoms in total. The molecule has 1 amide bonds. The maximum atomic E-state index is 12.0. The fourth-order valence-electron chi connectivity index (χ4n) is 2.17. The van der Waals surface area contributed by atoms with Crippen molar-refractivity contribution in [3.63, 3.8) is 0 Å². The molecule has 0 aromatic heterocycles. The van der Waals surface area contributed by atoms with E-state index in [1.807, 2.05) is 4.90 Å². The molecule has 0 aliphatic carbocycles. The predicted octanol–water partition coefficient (Wildman–Crippen LogP) is 1.80. The summed E-state index contributed by atoms with van der Waals surface area (Å²) in [4.78, 5) is 13.9. The maximum Gasteiger partial charge on any atom is 0.223 e. The first-order valence-electron chi connectivity index (χ1n) is 6.26. The van der Waals surface area contributed by atoms with Crippen molar-refractivity contribution in [3.05, 3.63) is 12.7 Å². The second kappa shape index (κ2) is 6.69. The first-order chi connectivity index (χ1) is 7.65. The van der Waals surface area contributed by atoms with Crippen LogP contribution in [0.3, 0.4) is 0 Å². The Morgan fingerprint density at radius 3 is 2.88 bits per heavy atom. The van der Waals surface area contributed by atoms with E-state index >= 15 is 0 Å². The number of amides is 1. The van der Waals surface area contributed by atoms with Gasteiger partial charge in [0, 0.05) is 19.0 Å². The predicted molar refractivity (Wildman–Crippen MR) is 67.3 cm³/mol. The molecule has 1 atom stereocenters. The smallest absolute Gasteiger partial charge is 0.223 e. The zero-order valence-electron chi connectivity index (χ0n) is 10.5. The highest BCUT2D eigenvalue weighted by Crippen LogP contribution is 2.15. The molecule has 3 heteroatoms. The lowest BCUT2D eigenvalue weighted by atomic mass is 10.0. The van der Waals surface area contributed by atoms with Crippen molar-refractivity contribution in [2.24, 2.45) is 5.92 Å². The molecule has 0 aromatic rings. The lowest BCUT2D eigenvalue weighted by Gasteiger charge is -2.25. The summed E-state index contributed by atoms with van der Waals surface area (Å²) in [5, 5.41) is 3.33. The number of nitrogens with zero attached hydrogens (tertiary/aromatic N) is 1. The fraction of sp³-hybridized carbons (Fsp3) is 0.769. The summed E-state index contributed by atoms with van der Waals surface area (Å²) in [7, 11) is 0. The Balaban J connectivity index is 2.32. The van der Waals surface area contributed by atoms with E-state index in [0.29, 0.717) is 18.9 Å². The number of rotatable bonds is 6. The van der Waals surface area contributed by atoms with E-state index < -0.39 is 0 Å². The molecule has 0 bridgehead atoms.